The average Bonchev–Trinajstić information content (AvgIpc) is 3.17. The molecular formula is C13H12F3N5O. The predicted octanol–water partition coefficient (Wildman–Crippen LogP) is 3.37. The lowest BCUT2D eigenvalue weighted by Gasteiger charge is -2.19. The minimum absolute atomic E-state index is 0.0774. The molecule has 0 aromatic carbocycles. The highest BCUT2D eigenvalue weighted by Gasteiger charge is 2.33. The van der Waals surface area contributed by atoms with Gasteiger partial charge in [0.2, 0.25) is 0 Å². The van der Waals surface area contributed by atoms with E-state index in [1.165, 1.54) is 6.20 Å². The lowest BCUT2D eigenvalue weighted by molar-refractivity contribution is -0.137. The Balaban J connectivity index is 2.02. The summed E-state index contributed by atoms with van der Waals surface area (Å²) < 4.78 is 44.3. The average molecular weight is 311 g/mol. The second kappa shape index (κ2) is 5.39. The van der Waals surface area contributed by atoms with Crippen molar-refractivity contribution in [3.05, 3.63) is 30.3 Å². The van der Waals surface area contributed by atoms with Crippen molar-refractivity contribution in [3.8, 4) is 11.5 Å². The van der Waals surface area contributed by atoms with Gasteiger partial charge in [0.05, 0.1) is 17.8 Å². The first-order valence-electron chi connectivity index (χ1n) is 6.57. The first kappa shape index (κ1) is 14.5. The van der Waals surface area contributed by atoms with Gasteiger partial charge in [0, 0.05) is 13.1 Å². The number of pyridine rings is 1. The molecule has 0 amide bonds. The van der Waals surface area contributed by atoms with E-state index in [0.717, 1.165) is 18.5 Å². The Morgan fingerprint density at radius 3 is 2.77 bits per heavy atom. The zero-order valence-electron chi connectivity index (χ0n) is 11.3. The second-order valence-electron chi connectivity index (χ2n) is 4.98. The molecule has 22 heavy (non-hydrogen) atoms. The number of hydrogen-bond acceptors (Lipinski definition) is 6. The molecule has 1 saturated heterocycles. The maximum absolute atomic E-state index is 13.1. The van der Waals surface area contributed by atoms with Crippen molar-refractivity contribution in [2.75, 3.05) is 18.0 Å². The molecule has 9 heteroatoms. The van der Waals surface area contributed by atoms with Crippen LogP contribution in [-0.4, -0.2) is 29.1 Å². The van der Waals surface area contributed by atoms with Gasteiger partial charge in [-0.2, -0.15) is 18.3 Å². The SMILES string of the molecule is N=NC1CCN(c2cc(C(F)(F)F)cc(-c3cnco3)n2)C1. The molecule has 1 aliphatic heterocycles. The largest absolute Gasteiger partial charge is 0.442 e. The van der Waals surface area contributed by atoms with E-state index >= 15 is 0 Å². The van der Waals surface area contributed by atoms with Crippen molar-refractivity contribution in [1.82, 2.24) is 9.97 Å². The van der Waals surface area contributed by atoms with Gasteiger partial charge in [-0.1, -0.05) is 0 Å². The van der Waals surface area contributed by atoms with Crippen LogP contribution in [0.3, 0.4) is 0 Å². The van der Waals surface area contributed by atoms with Crippen molar-refractivity contribution in [3.63, 3.8) is 0 Å². The Kier molecular flexibility index (Phi) is 3.55. The molecule has 2 aromatic heterocycles. The summed E-state index contributed by atoms with van der Waals surface area (Å²) in [4.78, 5) is 9.62. The van der Waals surface area contributed by atoms with Crippen molar-refractivity contribution >= 4 is 5.82 Å². The highest BCUT2D eigenvalue weighted by molar-refractivity contribution is 5.58. The summed E-state index contributed by atoms with van der Waals surface area (Å²) in [5.41, 5.74) is 6.31. The van der Waals surface area contributed by atoms with E-state index in [0.29, 0.717) is 19.5 Å². The van der Waals surface area contributed by atoms with E-state index < -0.39 is 11.7 Å². The van der Waals surface area contributed by atoms with Crippen LogP contribution < -0.4 is 4.90 Å². The van der Waals surface area contributed by atoms with Crippen LogP contribution in [0.2, 0.25) is 0 Å². The number of halogens is 3. The minimum Gasteiger partial charge on any atom is -0.442 e. The summed E-state index contributed by atoms with van der Waals surface area (Å²) in [5.74, 6) is 0.376. The van der Waals surface area contributed by atoms with E-state index in [1.807, 2.05) is 0 Å². The molecule has 6 nitrogen and oxygen atoms in total. The molecule has 0 radical (unpaired) electrons. The fourth-order valence-corrected chi connectivity index (χ4v) is 2.37. The number of oxazole rings is 1. The molecule has 0 bridgehead atoms. The molecule has 116 valence electrons. The molecule has 1 atom stereocenters. The van der Waals surface area contributed by atoms with Crippen LogP contribution in [0.5, 0.6) is 0 Å². The van der Waals surface area contributed by atoms with Gasteiger partial charge >= 0.3 is 6.18 Å². The lowest BCUT2D eigenvalue weighted by Crippen LogP contribution is -2.22. The van der Waals surface area contributed by atoms with Gasteiger partial charge in [-0.25, -0.2) is 15.5 Å². The normalized spacial score (nSPS) is 18.7. The summed E-state index contributed by atoms with van der Waals surface area (Å²) in [6, 6.07) is 1.74. The maximum Gasteiger partial charge on any atom is 0.416 e. The first-order chi connectivity index (χ1) is 10.5. The molecule has 1 N–H and O–H groups in total. The number of aromatic nitrogens is 2. The molecule has 0 saturated carbocycles. The Morgan fingerprint density at radius 1 is 1.36 bits per heavy atom. The number of rotatable bonds is 3. The lowest BCUT2D eigenvalue weighted by atomic mass is 10.2. The third-order valence-corrected chi connectivity index (χ3v) is 3.49. The quantitative estimate of drug-likeness (QED) is 0.882. The zero-order valence-corrected chi connectivity index (χ0v) is 11.3. The fourth-order valence-electron chi connectivity index (χ4n) is 2.37. The fraction of sp³-hybridized carbons (Fsp3) is 0.385. The zero-order chi connectivity index (χ0) is 15.7. The summed E-state index contributed by atoms with van der Waals surface area (Å²) in [7, 11) is 0. The maximum atomic E-state index is 13.1. The topological polar surface area (TPSA) is 78.4 Å². The molecular weight excluding hydrogens is 299 g/mol. The first-order valence-corrected chi connectivity index (χ1v) is 6.57. The van der Waals surface area contributed by atoms with Crippen molar-refractivity contribution in [2.24, 2.45) is 5.11 Å². The van der Waals surface area contributed by atoms with Gasteiger partial charge in [0.1, 0.15) is 11.5 Å². The van der Waals surface area contributed by atoms with Crippen LogP contribution in [-0.2, 0) is 6.18 Å². The third-order valence-electron chi connectivity index (χ3n) is 3.49. The molecule has 1 aliphatic rings. The minimum atomic E-state index is -4.48. The smallest absolute Gasteiger partial charge is 0.416 e. The Labute approximate surface area is 123 Å². The second-order valence-corrected chi connectivity index (χ2v) is 4.98. The highest BCUT2D eigenvalue weighted by atomic mass is 19.4. The van der Waals surface area contributed by atoms with Crippen LogP contribution in [0.15, 0.2) is 34.3 Å². The number of anilines is 1. The van der Waals surface area contributed by atoms with Crippen LogP contribution in [0.25, 0.3) is 11.5 Å². The molecule has 3 rings (SSSR count). The highest BCUT2D eigenvalue weighted by Crippen LogP contribution is 2.34. The molecule has 3 heterocycles. The van der Waals surface area contributed by atoms with Crippen molar-refractivity contribution < 1.29 is 17.6 Å². The summed E-state index contributed by atoms with van der Waals surface area (Å²) in [6.07, 6.45) is -1.40. The third kappa shape index (κ3) is 2.78. The summed E-state index contributed by atoms with van der Waals surface area (Å²) in [5, 5.41) is 3.44. The van der Waals surface area contributed by atoms with E-state index in [9.17, 15) is 13.2 Å². The van der Waals surface area contributed by atoms with Crippen molar-refractivity contribution in [1.29, 1.82) is 5.53 Å². The number of nitrogens with one attached hydrogen (secondary N) is 1. The standard InChI is InChI=1S/C13H12F3N5O/c14-13(15,16)8-3-10(11-5-18-7-22-11)19-12(4-8)21-2-1-9(6-21)20-17/h3-5,7,9,17H,1-2,6H2. The Bertz CT molecular complexity index is 671. The molecule has 0 aliphatic carbocycles. The Hall–Kier alpha value is -2.45. The molecule has 1 fully saturated rings. The van der Waals surface area contributed by atoms with Crippen LogP contribution >= 0.6 is 0 Å². The number of hydrogen-bond donors (Lipinski definition) is 1. The van der Waals surface area contributed by atoms with E-state index in [1.54, 1.807) is 4.90 Å². The molecule has 0 spiro atoms. The summed E-state index contributed by atoms with van der Waals surface area (Å²) >= 11 is 0. The molecule has 1 unspecified atom stereocenters. The van der Waals surface area contributed by atoms with Gasteiger partial charge in [-0.3, -0.25) is 0 Å². The van der Waals surface area contributed by atoms with Crippen LogP contribution in [0, 0.1) is 5.53 Å². The number of nitrogens with zero attached hydrogens (tertiary/aromatic N) is 4. The number of alkyl halides is 3. The van der Waals surface area contributed by atoms with Crippen LogP contribution in [0.1, 0.15) is 12.0 Å². The van der Waals surface area contributed by atoms with Gasteiger partial charge in [0.25, 0.3) is 0 Å². The van der Waals surface area contributed by atoms with Crippen molar-refractivity contribution in [2.45, 2.75) is 18.6 Å². The molecule has 2 aromatic rings. The van der Waals surface area contributed by atoms with Gasteiger partial charge < -0.3 is 9.32 Å². The Morgan fingerprint density at radius 2 is 2.18 bits per heavy atom. The van der Waals surface area contributed by atoms with Gasteiger partial charge in [0.15, 0.2) is 12.2 Å². The monoisotopic (exact) mass is 311 g/mol. The predicted molar refractivity (Wildman–Crippen MR) is 70.5 cm³/mol. The van der Waals surface area contributed by atoms with Gasteiger partial charge in [-0.05, 0) is 18.6 Å². The van der Waals surface area contributed by atoms with E-state index in [4.69, 9.17) is 9.95 Å². The van der Waals surface area contributed by atoms with Crippen LogP contribution in [0.4, 0.5) is 19.0 Å². The van der Waals surface area contributed by atoms with Gasteiger partial charge in [-0.15, -0.1) is 0 Å². The van der Waals surface area contributed by atoms with E-state index in [2.05, 4.69) is 15.1 Å². The van der Waals surface area contributed by atoms with E-state index in [-0.39, 0.29) is 23.3 Å². The summed E-state index contributed by atoms with van der Waals surface area (Å²) in [6.45, 7) is 0.894.